The fraction of sp³-hybridized carbons (Fsp3) is 0.615. The van der Waals surface area contributed by atoms with Crippen molar-refractivity contribution in [1.82, 2.24) is 4.98 Å². The average molecular weight is 236 g/mol. The summed E-state index contributed by atoms with van der Waals surface area (Å²) >= 11 is 0. The van der Waals surface area contributed by atoms with Crippen LogP contribution >= 0.6 is 0 Å². The lowest BCUT2D eigenvalue weighted by Crippen LogP contribution is -2.21. The molecule has 1 aliphatic rings. The van der Waals surface area contributed by atoms with E-state index in [-0.39, 0.29) is 0 Å². The van der Waals surface area contributed by atoms with Gasteiger partial charge in [-0.25, -0.2) is 4.98 Å². The summed E-state index contributed by atoms with van der Waals surface area (Å²) in [6.45, 7) is 4.62. The van der Waals surface area contributed by atoms with Crippen molar-refractivity contribution in [2.75, 3.05) is 31.7 Å². The summed E-state index contributed by atoms with van der Waals surface area (Å²) in [5.74, 6) is 1.60. The molecular formula is C13H20N2O2. The van der Waals surface area contributed by atoms with Crippen LogP contribution in [0.25, 0.3) is 0 Å². The highest BCUT2D eigenvalue weighted by molar-refractivity contribution is 5.40. The van der Waals surface area contributed by atoms with E-state index in [1.165, 1.54) is 0 Å². The standard InChI is InChI=1S/C13H20N2O2/c1-10(16)12-3-4-13(14-7-12)15-6-5-11(8-15)9-17-2/h3-4,7,10-11,16H,5-6,8-9H2,1-2H3/t10-,11?/m0/s1. The Balaban J connectivity index is 1.99. The van der Waals surface area contributed by atoms with E-state index in [9.17, 15) is 5.11 Å². The van der Waals surface area contributed by atoms with Crippen molar-refractivity contribution < 1.29 is 9.84 Å². The summed E-state index contributed by atoms with van der Waals surface area (Å²) in [6.07, 6.45) is 2.47. The Hall–Kier alpha value is -1.13. The first-order chi connectivity index (χ1) is 8.20. The Morgan fingerprint density at radius 1 is 1.59 bits per heavy atom. The summed E-state index contributed by atoms with van der Waals surface area (Å²) < 4.78 is 5.18. The van der Waals surface area contributed by atoms with Gasteiger partial charge in [0.15, 0.2) is 0 Å². The summed E-state index contributed by atoms with van der Waals surface area (Å²) in [7, 11) is 1.75. The normalized spacial score (nSPS) is 21.8. The van der Waals surface area contributed by atoms with Crippen molar-refractivity contribution in [2.45, 2.75) is 19.4 Å². The van der Waals surface area contributed by atoms with Crippen LogP contribution in [0.3, 0.4) is 0 Å². The molecule has 0 aromatic carbocycles. The van der Waals surface area contributed by atoms with Crippen LogP contribution in [0.5, 0.6) is 0 Å². The predicted molar refractivity (Wildman–Crippen MR) is 67.1 cm³/mol. The van der Waals surface area contributed by atoms with Gasteiger partial charge in [0.1, 0.15) is 5.82 Å². The highest BCUT2D eigenvalue weighted by Crippen LogP contribution is 2.23. The SMILES string of the molecule is COCC1CCN(c2ccc([C@H](C)O)cn2)C1. The molecule has 4 nitrogen and oxygen atoms in total. The quantitative estimate of drug-likeness (QED) is 0.862. The molecule has 0 saturated carbocycles. The first kappa shape index (κ1) is 12.3. The number of anilines is 1. The Kier molecular flexibility index (Phi) is 3.97. The lowest BCUT2D eigenvalue weighted by atomic mass is 10.1. The minimum atomic E-state index is -0.448. The molecule has 1 saturated heterocycles. The van der Waals surface area contributed by atoms with E-state index in [2.05, 4.69) is 9.88 Å². The topological polar surface area (TPSA) is 45.6 Å². The molecule has 1 aromatic heterocycles. The van der Waals surface area contributed by atoms with Crippen LogP contribution < -0.4 is 4.90 Å². The molecule has 1 unspecified atom stereocenters. The third-order valence-corrected chi connectivity index (χ3v) is 3.27. The number of ether oxygens (including phenoxy) is 1. The van der Waals surface area contributed by atoms with E-state index in [1.54, 1.807) is 20.2 Å². The molecule has 2 atom stereocenters. The maximum absolute atomic E-state index is 9.42. The Bertz CT molecular complexity index is 351. The van der Waals surface area contributed by atoms with Gasteiger partial charge in [0.2, 0.25) is 0 Å². The van der Waals surface area contributed by atoms with Crippen molar-refractivity contribution in [2.24, 2.45) is 5.92 Å². The summed E-state index contributed by atoms with van der Waals surface area (Å²) in [5, 5.41) is 9.42. The maximum atomic E-state index is 9.42. The zero-order chi connectivity index (χ0) is 12.3. The maximum Gasteiger partial charge on any atom is 0.128 e. The van der Waals surface area contributed by atoms with Crippen molar-refractivity contribution in [1.29, 1.82) is 0 Å². The van der Waals surface area contributed by atoms with E-state index in [1.807, 2.05) is 12.1 Å². The second kappa shape index (κ2) is 5.47. The minimum absolute atomic E-state index is 0.448. The molecule has 0 bridgehead atoms. The van der Waals surface area contributed by atoms with Gasteiger partial charge < -0.3 is 14.7 Å². The average Bonchev–Trinajstić information content (AvgIpc) is 2.78. The third kappa shape index (κ3) is 2.96. The summed E-state index contributed by atoms with van der Waals surface area (Å²) in [5.41, 5.74) is 0.862. The molecule has 94 valence electrons. The van der Waals surface area contributed by atoms with E-state index >= 15 is 0 Å². The van der Waals surface area contributed by atoms with Crippen molar-refractivity contribution in [3.63, 3.8) is 0 Å². The molecule has 0 radical (unpaired) electrons. The van der Waals surface area contributed by atoms with E-state index in [0.717, 1.165) is 37.5 Å². The molecule has 0 spiro atoms. The van der Waals surface area contributed by atoms with E-state index in [0.29, 0.717) is 5.92 Å². The van der Waals surface area contributed by atoms with Crippen LogP contribution in [-0.4, -0.2) is 36.9 Å². The number of aromatic nitrogens is 1. The molecule has 0 aliphatic carbocycles. The van der Waals surface area contributed by atoms with Crippen molar-refractivity contribution in [3.05, 3.63) is 23.9 Å². The molecule has 4 heteroatoms. The van der Waals surface area contributed by atoms with Crippen LogP contribution in [0.2, 0.25) is 0 Å². The van der Waals surface area contributed by atoms with Crippen LogP contribution in [0.15, 0.2) is 18.3 Å². The van der Waals surface area contributed by atoms with Gasteiger partial charge in [0.05, 0.1) is 12.7 Å². The van der Waals surface area contributed by atoms with Crippen molar-refractivity contribution in [3.8, 4) is 0 Å². The number of nitrogens with zero attached hydrogens (tertiary/aromatic N) is 2. The van der Waals surface area contributed by atoms with Gasteiger partial charge in [0.25, 0.3) is 0 Å². The molecule has 2 heterocycles. The number of pyridine rings is 1. The van der Waals surface area contributed by atoms with Crippen LogP contribution in [-0.2, 0) is 4.74 Å². The van der Waals surface area contributed by atoms with Gasteiger partial charge in [0, 0.05) is 32.3 Å². The highest BCUT2D eigenvalue weighted by atomic mass is 16.5. The number of aliphatic hydroxyl groups excluding tert-OH is 1. The molecule has 0 amide bonds. The number of methoxy groups -OCH3 is 1. The second-order valence-electron chi connectivity index (χ2n) is 4.68. The van der Waals surface area contributed by atoms with Gasteiger partial charge in [-0.3, -0.25) is 0 Å². The minimum Gasteiger partial charge on any atom is -0.389 e. The Morgan fingerprint density at radius 3 is 3.00 bits per heavy atom. The largest absolute Gasteiger partial charge is 0.389 e. The van der Waals surface area contributed by atoms with Gasteiger partial charge in [-0.05, 0) is 25.0 Å². The smallest absolute Gasteiger partial charge is 0.128 e. The van der Waals surface area contributed by atoms with E-state index < -0.39 is 6.10 Å². The highest BCUT2D eigenvalue weighted by Gasteiger charge is 2.23. The Labute approximate surface area is 102 Å². The molecular weight excluding hydrogens is 216 g/mol. The van der Waals surface area contributed by atoms with Crippen LogP contribution in [0, 0.1) is 5.92 Å². The number of hydrogen-bond acceptors (Lipinski definition) is 4. The summed E-state index contributed by atoms with van der Waals surface area (Å²) in [6, 6.07) is 3.92. The van der Waals surface area contributed by atoms with E-state index in [4.69, 9.17) is 4.74 Å². The van der Waals surface area contributed by atoms with Crippen LogP contribution in [0.1, 0.15) is 25.0 Å². The zero-order valence-electron chi connectivity index (χ0n) is 10.5. The monoisotopic (exact) mass is 236 g/mol. The first-order valence-corrected chi connectivity index (χ1v) is 6.08. The van der Waals surface area contributed by atoms with Crippen molar-refractivity contribution >= 4 is 5.82 Å². The third-order valence-electron chi connectivity index (χ3n) is 3.27. The van der Waals surface area contributed by atoms with Gasteiger partial charge in [-0.15, -0.1) is 0 Å². The zero-order valence-corrected chi connectivity index (χ0v) is 10.5. The lowest BCUT2D eigenvalue weighted by molar-refractivity contribution is 0.161. The summed E-state index contributed by atoms with van der Waals surface area (Å²) in [4.78, 5) is 6.67. The molecule has 1 fully saturated rings. The Morgan fingerprint density at radius 2 is 2.41 bits per heavy atom. The fourth-order valence-electron chi connectivity index (χ4n) is 2.24. The van der Waals surface area contributed by atoms with Gasteiger partial charge >= 0.3 is 0 Å². The first-order valence-electron chi connectivity index (χ1n) is 6.08. The number of hydrogen-bond donors (Lipinski definition) is 1. The molecule has 1 N–H and O–H groups in total. The molecule has 1 aliphatic heterocycles. The number of rotatable bonds is 4. The van der Waals surface area contributed by atoms with Gasteiger partial charge in [-0.1, -0.05) is 6.07 Å². The molecule has 2 rings (SSSR count). The predicted octanol–water partition coefficient (Wildman–Crippen LogP) is 1.61. The van der Waals surface area contributed by atoms with Crippen LogP contribution in [0.4, 0.5) is 5.82 Å². The fourth-order valence-corrected chi connectivity index (χ4v) is 2.24. The molecule has 17 heavy (non-hydrogen) atoms. The second-order valence-corrected chi connectivity index (χ2v) is 4.68. The number of aliphatic hydroxyl groups is 1. The lowest BCUT2D eigenvalue weighted by Gasteiger charge is -2.18. The molecule has 1 aromatic rings. The van der Waals surface area contributed by atoms with Gasteiger partial charge in [-0.2, -0.15) is 0 Å².